The molecule has 0 bridgehead atoms. The zero-order chi connectivity index (χ0) is 20.6. The molecule has 0 unspecified atom stereocenters. The molecule has 0 saturated carbocycles. The van der Waals surface area contributed by atoms with Gasteiger partial charge in [0.25, 0.3) is 0 Å². The molecule has 0 heterocycles. The van der Waals surface area contributed by atoms with E-state index < -0.39 is 0 Å². The number of methoxy groups -OCH3 is 1. The molecule has 0 amide bonds. The fraction of sp³-hybridized carbons (Fsp3) is 0.364. The Morgan fingerprint density at radius 1 is 1.00 bits per heavy atom. The van der Waals surface area contributed by atoms with E-state index >= 15 is 0 Å². The molecule has 0 atom stereocenters. The first-order valence-electron chi connectivity index (χ1n) is 9.21. The summed E-state index contributed by atoms with van der Waals surface area (Å²) in [5, 5.41) is 6.57. The summed E-state index contributed by atoms with van der Waals surface area (Å²) in [6.45, 7) is 7.27. The van der Waals surface area contributed by atoms with Gasteiger partial charge in [0, 0.05) is 25.7 Å². The maximum absolute atomic E-state index is 11.5. The van der Waals surface area contributed by atoms with Gasteiger partial charge in [-0.1, -0.05) is 30.3 Å². The van der Waals surface area contributed by atoms with Crippen LogP contribution in [0.1, 0.15) is 42.3 Å². The molecule has 0 spiro atoms. The predicted octanol–water partition coefficient (Wildman–Crippen LogP) is 4.13. The number of rotatable bonds is 6. The summed E-state index contributed by atoms with van der Waals surface area (Å²) in [5.41, 5.74) is 2.37. The van der Waals surface area contributed by atoms with Gasteiger partial charge in [-0.3, -0.25) is 4.99 Å². The Bertz CT molecular complexity index is 815. The summed E-state index contributed by atoms with van der Waals surface area (Å²) in [5.74, 6) is 1.20. The molecule has 2 aromatic rings. The molecule has 0 fully saturated rings. The van der Waals surface area contributed by atoms with Gasteiger partial charge in [0.05, 0.1) is 12.7 Å². The molecule has 0 radical (unpaired) electrons. The number of guanidine groups is 1. The van der Waals surface area contributed by atoms with Gasteiger partial charge in [-0.2, -0.15) is 0 Å². The minimum absolute atomic E-state index is 0. The summed E-state index contributed by atoms with van der Waals surface area (Å²) in [6, 6.07) is 15.2. The Morgan fingerprint density at radius 3 is 2.21 bits per heavy atom. The van der Waals surface area contributed by atoms with E-state index in [2.05, 4.69) is 15.6 Å². The van der Waals surface area contributed by atoms with Crippen molar-refractivity contribution in [2.75, 3.05) is 14.2 Å². The lowest BCUT2D eigenvalue weighted by Gasteiger charge is -2.23. The largest absolute Gasteiger partial charge is 0.488 e. The Kier molecular flexibility index (Phi) is 9.94. The Hall–Kier alpha value is -2.29. The lowest BCUT2D eigenvalue weighted by atomic mass is 10.1. The van der Waals surface area contributed by atoms with E-state index in [0.29, 0.717) is 24.6 Å². The number of nitrogens with zero attached hydrogens (tertiary/aromatic N) is 1. The second kappa shape index (κ2) is 11.6. The van der Waals surface area contributed by atoms with Crippen LogP contribution in [0.5, 0.6) is 5.75 Å². The number of benzene rings is 2. The van der Waals surface area contributed by atoms with Crippen LogP contribution in [0.25, 0.3) is 0 Å². The second-order valence-corrected chi connectivity index (χ2v) is 7.29. The number of hydrogen-bond acceptors (Lipinski definition) is 4. The van der Waals surface area contributed by atoms with E-state index in [1.165, 1.54) is 7.11 Å². The van der Waals surface area contributed by atoms with Gasteiger partial charge >= 0.3 is 5.97 Å². The normalized spacial score (nSPS) is 11.3. The maximum atomic E-state index is 11.5. The van der Waals surface area contributed by atoms with Gasteiger partial charge in [0.2, 0.25) is 0 Å². The predicted molar refractivity (Wildman–Crippen MR) is 127 cm³/mol. The van der Waals surface area contributed by atoms with E-state index in [-0.39, 0.29) is 35.5 Å². The van der Waals surface area contributed by atoms with Crippen LogP contribution in [-0.4, -0.2) is 31.7 Å². The Labute approximate surface area is 190 Å². The molecule has 29 heavy (non-hydrogen) atoms. The number of halogens is 1. The molecule has 7 heteroatoms. The summed E-state index contributed by atoms with van der Waals surface area (Å²) >= 11 is 0. The zero-order valence-corrected chi connectivity index (χ0v) is 19.9. The molecule has 0 aromatic heterocycles. The van der Waals surface area contributed by atoms with Crippen molar-refractivity contribution in [2.24, 2.45) is 4.99 Å². The third-order valence-electron chi connectivity index (χ3n) is 3.89. The molecule has 2 rings (SSSR count). The van der Waals surface area contributed by atoms with Gasteiger partial charge in [0.1, 0.15) is 11.4 Å². The quantitative estimate of drug-likeness (QED) is 0.264. The zero-order valence-electron chi connectivity index (χ0n) is 17.6. The van der Waals surface area contributed by atoms with Crippen molar-refractivity contribution in [3.8, 4) is 5.75 Å². The van der Waals surface area contributed by atoms with Gasteiger partial charge in [0.15, 0.2) is 5.96 Å². The highest BCUT2D eigenvalue weighted by molar-refractivity contribution is 14.0. The molecular formula is C22H30IN3O3. The second-order valence-electron chi connectivity index (χ2n) is 7.29. The van der Waals surface area contributed by atoms with E-state index in [9.17, 15) is 4.79 Å². The Morgan fingerprint density at radius 2 is 1.62 bits per heavy atom. The third kappa shape index (κ3) is 8.31. The van der Waals surface area contributed by atoms with E-state index in [0.717, 1.165) is 16.9 Å². The lowest BCUT2D eigenvalue weighted by molar-refractivity contribution is 0.0600. The minimum Gasteiger partial charge on any atom is -0.488 e. The van der Waals surface area contributed by atoms with Crippen LogP contribution in [0.4, 0.5) is 0 Å². The summed E-state index contributed by atoms with van der Waals surface area (Å²) in [7, 11) is 3.10. The standard InChI is InChI=1S/C22H29N3O3.HI/c1-22(2,3)28-19-9-7-6-8-18(19)15-25-21(23-4)24-14-16-10-12-17(13-11-16)20(26)27-5;/h6-13H,14-15H2,1-5H3,(H2,23,24,25);1H. The third-order valence-corrected chi connectivity index (χ3v) is 3.89. The number of aliphatic imine (C=N–C) groups is 1. The SMILES string of the molecule is CN=C(NCc1ccc(C(=O)OC)cc1)NCc1ccccc1OC(C)(C)C.I. The van der Waals surface area contributed by atoms with Crippen molar-refractivity contribution in [2.45, 2.75) is 39.5 Å². The summed E-state index contributed by atoms with van der Waals surface area (Å²) in [4.78, 5) is 15.8. The fourth-order valence-electron chi connectivity index (χ4n) is 2.54. The molecule has 0 saturated heterocycles. The van der Waals surface area contributed by atoms with Crippen molar-refractivity contribution in [3.05, 3.63) is 65.2 Å². The van der Waals surface area contributed by atoms with Crippen molar-refractivity contribution >= 4 is 35.9 Å². The molecular weight excluding hydrogens is 481 g/mol. The van der Waals surface area contributed by atoms with Crippen molar-refractivity contribution < 1.29 is 14.3 Å². The average molecular weight is 511 g/mol. The summed E-state index contributed by atoms with van der Waals surface area (Å²) in [6.07, 6.45) is 0. The maximum Gasteiger partial charge on any atom is 0.337 e. The van der Waals surface area contributed by atoms with Crippen LogP contribution >= 0.6 is 24.0 Å². The van der Waals surface area contributed by atoms with Gasteiger partial charge in [-0.25, -0.2) is 4.79 Å². The van der Waals surface area contributed by atoms with E-state index in [1.54, 1.807) is 19.2 Å². The minimum atomic E-state index is -0.340. The van der Waals surface area contributed by atoms with Gasteiger partial charge in [-0.05, 0) is 44.5 Å². The average Bonchev–Trinajstić information content (AvgIpc) is 2.68. The molecule has 158 valence electrons. The number of esters is 1. The smallest absolute Gasteiger partial charge is 0.337 e. The molecule has 2 aromatic carbocycles. The number of carbonyl (C=O) groups excluding carboxylic acids is 1. The topological polar surface area (TPSA) is 72.0 Å². The van der Waals surface area contributed by atoms with Crippen LogP contribution in [0.15, 0.2) is 53.5 Å². The highest BCUT2D eigenvalue weighted by Gasteiger charge is 2.14. The van der Waals surface area contributed by atoms with E-state index in [4.69, 9.17) is 9.47 Å². The fourth-order valence-corrected chi connectivity index (χ4v) is 2.54. The van der Waals surface area contributed by atoms with Crippen LogP contribution in [0, 0.1) is 0 Å². The summed E-state index contributed by atoms with van der Waals surface area (Å²) < 4.78 is 10.7. The lowest BCUT2D eigenvalue weighted by Crippen LogP contribution is -2.36. The van der Waals surface area contributed by atoms with Crippen molar-refractivity contribution in [3.63, 3.8) is 0 Å². The molecule has 0 aliphatic rings. The number of para-hydroxylation sites is 1. The van der Waals surface area contributed by atoms with Crippen LogP contribution in [-0.2, 0) is 17.8 Å². The highest BCUT2D eigenvalue weighted by atomic mass is 127. The van der Waals surface area contributed by atoms with Crippen molar-refractivity contribution in [1.29, 1.82) is 0 Å². The number of ether oxygens (including phenoxy) is 2. The highest BCUT2D eigenvalue weighted by Crippen LogP contribution is 2.22. The van der Waals surface area contributed by atoms with Crippen LogP contribution < -0.4 is 15.4 Å². The molecule has 6 nitrogen and oxygen atoms in total. The number of hydrogen-bond donors (Lipinski definition) is 2. The van der Waals surface area contributed by atoms with Gasteiger partial charge in [-0.15, -0.1) is 24.0 Å². The van der Waals surface area contributed by atoms with Gasteiger partial charge < -0.3 is 20.1 Å². The number of carbonyl (C=O) groups is 1. The molecule has 0 aliphatic carbocycles. The first-order chi connectivity index (χ1) is 13.3. The monoisotopic (exact) mass is 511 g/mol. The molecule has 0 aliphatic heterocycles. The number of nitrogens with one attached hydrogen (secondary N) is 2. The first-order valence-corrected chi connectivity index (χ1v) is 9.21. The van der Waals surface area contributed by atoms with Crippen molar-refractivity contribution in [1.82, 2.24) is 10.6 Å². The molecule has 2 N–H and O–H groups in total. The Balaban J connectivity index is 0.00000420. The van der Waals surface area contributed by atoms with E-state index in [1.807, 2.05) is 57.2 Å². The first kappa shape index (κ1) is 24.7. The van der Waals surface area contributed by atoms with Crippen LogP contribution in [0.3, 0.4) is 0 Å². The van der Waals surface area contributed by atoms with Crippen LogP contribution in [0.2, 0.25) is 0 Å².